The van der Waals surface area contributed by atoms with E-state index in [2.05, 4.69) is 16.2 Å². The molecule has 0 saturated heterocycles. The molecule has 0 bridgehead atoms. The summed E-state index contributed by atoms with van der Waals surface area (Å²) in [6.45, 7) is 5.44. The summed E-state index contributed by atoms with van der Waals surface area (Å²) in [5.74, 6) is 0.737. The van der Waals surface area contributed by atoms with Gasteiger partial charge in [0.2, 0.25) is 0 Å². The summed E-state index contributed by atoms with van der Waals surface area (Å²) in [7, 11) is 3.08. The molecule has 0 N–H and O–H groups in total. The molecule has 0 spiro atoms. The Balaban J connectivity index is 1.70. The molecular weight excluding hydrogens is 396 g/mol. The molecule has 1 aliphatic heterocycles. The van der Waals surface area contributed by atoms with Crippen molar-refractivity contribution >= 4 is 11.6 Å². The van der Waals surface area contributed by atoms with Crippen molar-refractivity contribution in [2.45, 2.75) is 32.4 Å². The third-order valence-corrected chi connectivity index (χ3v) is 5.38. The van der Waals surface area contributed by atoms with Crippen molar-refractivity contribution in [3.8, 4) is 29.0 Å². The zero-order valence-electron chi connectivity index (χ0n) is 17.9. The fourth-order valence-electron chi connectivity index (χ4n) is 3.57. The van der Waals surface area contributed by atoms with Gasteiger partial charge in [-0.3, -0.25) is 14.4 Å². The van der Waals surface area contributed by atoms with Crippen LogP contribution in [0.1, 0.15) is 42.9 Å². The van der Waals surface area contributed by atoms with Crippen LogP contribution in [0.25, 0.3) is 11.3 Å². The molecule has 1 atom stereocenters. The summed E-state index contributed by atoms with van der Waals surface area (Å²) < 4.78 is 12.1. The van der Waals surface area contributed by atoms with Crippen LogP contribution in [0.5, 0.6) is 11.6 Å². The first-order valence-electron chi connectivity index (χ1n) is 9.70. The van der Waals surface area contributed by atoms with Crippen LogP contribution in [0.2, 0.25) is 0 Å². The zero-order valence-corrected chi connectivity index (χ0v) is 17.9. The molecule has 3 aromatic rings. The van der Waals surface area contributed by atoms with E-state index in [-0.39, 0.29) is 11.9 Å². The van der Waals surface area contributed by atoms with Gasteiger partial charge in [0.15, 0.2) is 5.75 Å². The largest absolute Gasteiger partial charge is 0.491 e. The summed E-state index contributed by atoms with van der Waals surface area (Å²) in [5, 5.41) is 13.6. The molecule has 9 nitrogen and oxygen atoms in total. The maximum atomic E-state index is 13.1. The maximum absolute atomic E-state index is 13.1. The van der Waals surface area contributed by atoms with Crippen LogP contribution in [-0.4, -0.2) is 39.9 Å². The lowest BCUT2D eigenvalue weighted by Gasteiger charge is -2.20. The first-order chi connectivity index (χ1) is 14.8. The molecule has 3 aromatic heterocycles. The number of methoxy groups -OCH3 is 2. The summed E-state index contributed by atoms with van der Waals surface area (Å²) in [5.41, 5.74) is 2.44. The Bertz CT molecular complexity index is 1210. The van der Waals surface area contributed by atoms with Gasteiger partial charge in [-0.05, 0) is 39.0 Å². The first-order valence-corrected chi connectivity index (χ1v) is 9.70. The molecule has 31 heavy (non-hydrogen) atoms. The average Bonchev–Trinajstić information content (AvgIpc) is 3.37. The van der Waals surface area contributed by atoms with E-state index in [1.54, 1.807) is 67.3 Å². The molecule has 0 fully saturated rings. The summed E-state index contributed by atoms with van der Waals surface area (Å²) >= 11 is 0. The average molecular weight is 418 g/mol. The van der Waals surface area contributed by atoms with Crippen LogP contribution in [0.15, 0.2) is 36.8 Å². The van der Waals surface area contributed by atoms with Crippen LogP contribution in [0.3, 0.4) is 0 Å². The molecule has 4 heterocycles. The smallest absolute Gasteiger partial charge is 0.260 e. The van der Waals surface area contributed by atoms with Gasteiger partial charge in [0.05, 0.1) is 61.4 Å². The van der Waals surface area contributed by atoms with Gasteiger partial charge >= 0.3 is 0 Å². The van der Waals surface area contributed by atoms with Crippen LogP contribution in [-0.2, 0) is 5.54 Å². The van der Waals surface area contributed by atoms with Gasteiger partial charge in [-0.2, -0.15) is 10.4 Å². The van der Waals surface area contributed by atoms with Crippen molar-refractivity contribution in [3.63, 3.8) is 0 Å². The van der Waals surface area contributed by atoms with Crippen molar-refractivity contribution in [1.82, 2.24) is 19.7 Å². The third-order valence-electron chi connectivity index (χ3n) is 5.38. The van der Waals surface area contributed by atoms with Crippen LogP contribution < -0.4 is 14.4 Å². The van der Waals surface area contributed by atoms with Gasteiger partial charge < -0.3 is 9.47 Å². The molecule has 0 aromatic carbocycles. The van der Waals surface area contributed by atoms with E-state index in [0.29, 0.717) is 34.3 Å². The SMILES string of the molecule is COc1cc(-c2ccc3c(n2)C(C)N(c2cnn(C(C)(C)C#N)c2)C3=O)cnc1OC. The predicted molar refractivity (Wildman–Crippen MR) is 113 cm³/mol. The van der Waals surface area contributed by atoms with Crippen molar-refractivity contribution in [1.29, 1.82) is 5.26 Å². The Kier molecular flexibility index (Phi) is 4.85. The van der Waals surface area contributed by atoms with Crippen molar-refractivity contribution < 1.29 is 14.3 Å². The van der Waals surface area contributed by atoms with Gasteiger partial charge in [0.1, 0.15) is 5.54 Å². The van der Waals surface area contributed by atoms with E-state index in [1.807, 2.05) is 6.92 Å². The molecule has 158 valence electrons. The number of hydrogen-bond acceptors (Lipinski definition) is 7. The fraction of sp³-hybridized carbons (Fsp3) is 0.318. The van der Waals surface area contributed by atoms with E-state index in [4.69, 9.17) is 14.5 Å². The lowest BCUT2D eigenvalue weighted by atomic mass is 10.1. The Morgan fingerprint density at radius 3 is 2.65 bits per heavy atom. The minimum Gasteiger partial charge on any atom is -0.491 e. The van der Waals surface area contributed by atoms with Crippen molar-refractivity contribution in [2.24, 2.45) is 0 Å². The second-order valence-corrected chi connectivity index (χ2v) is 7.73. The van der Waals surface area contributed by atoms with E-state index in [9.17, 15) is 10.1 Å². The second kappa shape index (κ2) is 7.40. The number of nitrogens with zero attached hydrogens (tertiary/aromatic N) is 6. The van der Waals surface area contributed by atoms with E-state index in [1.165, 1.54) is 7.11 Å². The van der Waals surface area contributed by atoms with Crippen molar-refractivity contribution in [2.75, 3.05) is 19.1 Å². The molecule has 0 saturated carbocycles. The van der Waals surface area contributed by atoms with Gasteiger partial charge in [0, 0.05) is 11.8 Å². The highest BCUT2D eigenvalue weighted by atomic mass is 16.5. The predicted octanol–water partition coefficient (Wildman–Crippen LogP) is 3.34. The topological polar surface area (TPSA) is 106 Å². The van der Waals surface area contributed by atoms with E-state index in [0.717, 1.165) is 5.56 Å². The molecule has 1 amide bonds. The lowest BCUT2D eigenvalue weighted by Crippen LogP contribution is -2.27. The monoisotopic (exact) mass is 418 g/mol. The van der Waals surface area contributed by atoms with E-state index >= 15 is 0 Å². The number of pyridine rings is 2. The minimum absolute atomic E-state index is 0.152. The lowest BCUT2D eigenvalue weighted by molar-refractivity contribution is 0.0992. The van der Waals surface area contributed by atoms with Crippen LogP contribution in [0, 0.1) is 11.3 Å². The van der Waals surface area contributed by atoms with Gasteiger partial charge in [0.25, 0.3) is 11.8 Å². The van der Waals surface area contributed by atoms with Crippen LogP contribution >= 0.6 is 0 Å². The Morgan fingerprint density at radius 2 is 1.97 bits per heavy atom. The quantitative estimate of drug-likeness (QED) is 0.625. The number of nitriles is 1. The number of aromatic nitrogens is 4. The van der Waals surface area contributed by atoms with Gasteiger partial charge in [-0.25, -0.2) is 9.97 Å². The maximum Gasteiger partial charge on any atom is 0.260 e. The van der Waals surface area contributed by atoms with Gasteiger partial charge in [-0.1, -0.05) is 0 Å². The molecule has 1 aliphatic rings. The number of hydrogen-bond donors (Lipinski definition) is 0. The molecule has 1 unspecified atom stereocenters. The number of ether oxygens (including phenoxy) is 2. The number of anilines is 1. The zero-order chi connectivity index (χ0) is 22.3. The number of rotatable bonds is 5. The molecule has 9 heteroatoms. The number of fused-ring (bicyclic) bond motifs is 1. The first kappa shape index (κ1) is 20.3. The Labute approximate surface area is 179 Å². The Hall–Kier alpha value is -3.93. The second-order valence-electron chi connectivity index (χ2n) is 7.73. The molecular formula is C22H22N6O3. The highest BCUT2D eigenvalue weighted by Crippen LogP contribution is 2.38. The molecule has 0 aliphatic carbocycles. The molecule has 4 rings (SSSR count). The summed E-state index contributed by atoms with van der Waals surface area (Å²) in [6, 6.07) is 7.27. The number of carbonyl (C=O) groups is 1. The minimum atomic E-state index is -0.817. The normalized spacial score (nSPS) is 15.5. The molecule has 0 radical (unpaired) electrons. The summed E-state index contributed by atoms with van der Waals surface area (Å²) in [4.78, 5) is 23.8. The standard InChI is InChI=1S/C22H22N6O3/c1-13-19-16(21(29)28(13)15-10-25-27(11-15)22(2,3)12-23)6-7-17(26-19)14-8-18(30-4)20(31-5)24-9-14/h6-11,13H,1-5H3. The number of carbonyl (C=O) groups excluding carboxylic acids is 1. The highest BCUT2D eigenvalue weighted by molar-refractivity contribution is 6.10. The highest BCUT2D eigenvalue weighted by Gasteiger charge is 2.37. The number of amides is 1. The summed E-state index contributed by atoms with van der Waals surface area (Å²) in [6.07, 6.45) is 4.96. The fourth-order valence-corrected chi connectivity index (χ4v) is 3.57. The van der Waals surface area contributed by atoms with Crippen molar-refractivity contribution in [3.05, 3.63) is 48.0 Å². The van der Waals surface area contributed by atoms with E-state index < -0.39 is 5.54 Å². The Morgan fingerprint density at radius 1 is 1.19 bits per heavy atom. The van der Waals surface area contributed by atoms with Gasteiger partial charge in [-0.15, -0.1) is 0 Å². The third kappa shape index (κ3) is 3.26. The van der Waals surface area contributed by atoms with Crippen LogP contribution in [0.4, 0.5) is 5.69 Å².